The lowest BCUT2D eigenvalue weighted by molar-refractivity contribution is -0.258. The molecule has 0 spiro atoms. The molecule has 2 aliphatic carbocycles. The minimum Gasteiger partial charge on any atom is -0.194 e. The molecule has 31 heavy (non-hydrogen) atoms. The van der Waals surface area contributed by atoms with Crippen LogP contribution < -0.4 is 0 Å². The Hall–Kier alpha value is -1.36. The highest BCUT2D eigenvalue weighted by Crippen LogP contribution is 2.78. The highest BCUT2D eigenvalue weighted by Gasteiger charge is 2.85. The number of halogens is 6. The van der Waals surface area contributed by atoms with Gasteiger partial charge in [-0.15, -0.1) is 46.2 Å². The fraction of sp³-hybridized carbons (Fsp3) is 0.238. The molecule has 0 radical (unpaired) electrons. The first-order chi connectivity index (χ1) is 14.6. The van der Waals surface area contributed by atoms with Gasteiger partial charge in [0.2, 0.25) is 0 Å². The van der Waals surface area contributed by atoms with Crippen LogP contribution in [0.5, 0.6) is 0 Å². The second-order valence-electron chi connectivity index (χ2n) is 7.46. The van der Waals surface area contributed by atoms with Crippen LogP contribution in [0, 0.1) is 0 Å². The van der Waals surface area contributed by atoms with Crippen LogP contribution in [-0.4, -0.2) is 17.8 Å². The Morgan fingerprint density at radius 3 is 1.39 bits per heavy atom. The van der Waals surface area contributed by atoms with Crippen molar-refractivity contribution in [1.82, 2.24) is 0 Å². The van der Waals surface area contributed by atoms with Gasteiger partial charge in [0.05, 0.1) is 0 Å². The molecule has 0 saturated heterocycles. The SMILES string of the molecule is FC1(F)C2=C3C=CSC3(c3cccs3)C3(c4cccs4)SC=CC3=C2C(F)(F)C1(F)F. The summed E-state index contributed by atoms with van der Waals surface area (Å²) < 4.78 is 87.3. The van der Waals surface area contributed by atoms with Crippen molar-refractivity contribution in [2.75, 3.05) is 0 Å². The molecule has 2 unspecified atom stereocenters. The first-order valence-corrected chi connectivity index (χ1v) is 12.6. The number of fused-ring (bicyclic) bond motifs is 4. The lowest BCUT2D eigenvalue weighted by Crippen LogP contribution is -2.47. The van der Waals surface area contributed by atoms with Crippen LogP contribution >= 0.6 is 46.2 Å². The number of rotatable bonds is 2. The number of thioether (sulfide) groups is 2. The number of hydrogen-bond donors (Lipinski definition) is 0. The Morgan fingerprint density at radius 2 is 1.03 bits per heavy atom. The van der Waals surface area contributed by atoms with E-state index < -0.39 is 38.4 Å². The molecule has 10 heteroatoms. The van der Waals surface area contributed by atoms with Gasteiger partial charge in [-0.25, -0.2) is 0 Å². The first-order valence-electron chi connectivity index (χ1n) is 9.05. The molecule has 4 heterocycles. The van der Waals surface area contributed by atoms with Crippen LogP contribution in [0.25, 0.3) is 0 Å². The van der Waals surface area contributed by atoms with E-state index in [1.165, 1.54) is 58.3 Å². The minimum atomic E-state index is -5.53. The Morgan fingerprint density at radius 1 is 0.613 bits per heavy atom. The predicted octanol–water partition coefficient (Wildman–Crippen LogP) is 7.95. The van der Waals surface area contributed by atoms with E-state index in [0.29, 0.717) is 9.75 Å². The van der Waals surface area contributed by atoms with Crippen molar-refractivity contribution in [1.29, 1.82) is 0 Å². The van der Waals surface area contributed by atoms with E-state index in [9.17, 15) is 8.78 Å². The normalized spacial score (nSPS) is 33.7. The molecule has 2 atom stereocenters. The maximum absolute atomic E-state index is 15.1. The summed E-state index contributed by atoms with van der Waals surface area (Å²) in [6.45, 7) is 0. The van der Waals surface area contributed by atoms with Crippen molar-refractivity contribution < 1.29 is 26.3 Å². The zero-order valence-corrected chi connectivity index (χ0v) is 18.4. The second-order valence-corrected chi connectivity index (χ2v) is 11.6. The number of allylic oxidation sites excluding steroid dienone is 4. The Bertz CT molecular complexity index is 1120. The molecule has 4 aliphatic rings. The minimum absolute atomic E-state index is 0.162. The van der Waals surface area contributed by atoms with Gasteiger partial charge >= 0.3 is 17.8 Å². The highest BCUT2D eigenvalue weighted by molar-refractivity contribution is 8.07. The predicted molar refractivity (Wildman–Crippen MR) is 114 cm³/mol. The zero-order valence-electron chi connectivity index (χ0n) is 15.2. The zero-order chi connectivity index (χ0) is 21.9. The van der Waals surface area contributed by atoms with Gasteiger partial charge in [-0.05, 0) is 44.9 Å². The Labute approximate surface area is 189 Å². The maximum Gasteiger partial charge on any atom is 0.380 e. The summed E-state index contributed by atoms with van der Waals surface area (Å²) in [6.07, 6.45) is 2.63. The summed E-state index contributed by atoms with van der Waals surface area (Å²) in [4.78, 5) is 1.31. The van der Waals surface area contributed by atoms with Gasteiger partial charge in [0.15, 0.2) is 0 Å². The third-order valence-electron chi connectivity index (χ3n) is 6.16. The van der Waals surface area contributed by atoms with E-state index in [4.69, 9.17) is 0 Å². The molecule has 0 N–H and O–H groups in total. The smallest absolute Gasteiger partial charge is 0.194 e. The molecule has 2 aromatic rings. The monoisotopic (exact) mass is 504 g/mol. The molecule has 2 aliphatic heterocycles. The summed E-state index contributed by atoms with van der Waals surface area (Å²) in [5.41, 5.74) is -2.78. The summed E-state index contributed by atoms with van der Waals surface area (Å²) in [5.74, 6) is -15.5. The summed E-state index contributed by atoms with van der Waals surface area (Å²) in [6, 6.07) is 7.01. The standard InChI is InChI=1S/C21H10F6S4/c22-19(23)15-11-5-9-30-17(11,13-3-1-7-28-13)18(14-4-2-8-29-14)12(6-10-31-18)16(15)20(24,25)21(19,26)27/h1-10H. The maximum atomic E-state index is 15.1. The average Bonchev–Trinajstić information content (AvgIpc) is 3.52. The molecule has 1 fully saturated rings. The van der Waals surface area contributed by atoms with Gasteiger partial charge in [0.1, 0.15) is 9.49 Å². The van der Waals surface area contributed by atoms with Gasteiger partial charge in [-0.3, -0.25) is 0 Å². The van der Waals surface area contributed by atoms with E-state index in [1.807, 2.05) is 0 Å². The van der Waals surface area contributed by atoms with Crippen LogP contribution in [0.15, 0.2) is 80.3 Å². The van der Waals surface area contributed by atoms with Gasteiger partial charge in [0.25, 0.3) is 0 Å². The summed E-state index contributed by atoms with van der Waals surface area (Å²) in [5, 5.41) is 6.66. The van der Waals surface area contributed by atoms with E-state index in [0.717, 1.165) is 0 Å². The van der Waals surface area contributed by atoms with Crippen molar-refractivity contribution in [2.45, 2.75) is 27.3 Å². The molecule has 0 nitrogen and oxygen atoms in total. The van der Waals surface area contributed by atoms with Crippen LogP contribution in [0.2, 0.25) is 0 Å². The molecule has 2 aromatic heterocycles. The number of alkyl halides is 6. The van der Waals surface area contributed by atoms with Crippen LogP contribution in [-0.2, 0) is 9.49 Å². The summed E-state index contributed by atoms with van der Waals surface area (Å²) >= 11 is 5.03. The number of thiophene rings is 2. The average molecular weight is 505 g/mol. The van der Waals surface area contributed by atoms with Crippen LogP contribution in [0.3, 0.4) is 0 Å². The van der Waals surface area contributed by atoms with Crippen molar-refractivity contribution in [2.24, 2.45) is 0 Å². The molecular formula is C21H10F6S4. The summed E-state index contributed by atoms with van der Waals surface area (Å²) in [7, 11) is 0. The Balaban J connectivity index is 1.84. The topological polar surface area (TPSA) is 0 Å². The third kappa shape index (κ3) is 1.97. The van der Waals surface area contributed by atoms with Gasteiger partial charge < -0.3 is 0 Å². The van der Waals surface area contributed by atoms with E-state index >= 15 is 17.6 Å². The Kier molecular flexibility index (Phi) is 3.89. The van der Waals surface area contributed by atoms with E-state index in [-0.39, 0.29) is 11.1 Å². The van der Waals surface area contributed by atoms with Crippen LogP contribution in [0.1, 0.15) is 9.75 Å². The third-order valence-corrected chi connectivity index (χ3v) is 11.3. The lowest BCUT2D eigenvalue weighted by atomic mass is 9.68. The van der Waals surface area contributed by atoms with E-state index in [1.54, 1.807) is 45.8 Å². The fourth-order valence-corrected chi connectivity index (χ4v) is 10.3. The van der Waals surface area contributed by atoms with Crippen molar-refractivity contribution in [3.8, 4) is 0 Å². The van der Waals surface area contributed by atoms with Crippen molar-refractivity contribution in [3.63, 3.8) is 0 Å². The molecule has 0 amide bonds. The molecule has 0 aromatic carbocycles. The lowest BCUT2D eigenvalue weighted by Gasteiger charge is -2.50. The van der Waals surface area contributed by atoms with Gasteiger partial charge in [-0.2, -0.15) is 26.3 Å². The first kappa shape index (κ1) is 20.3. The van der Waals surface area contributed by atoms with Crippen LogP contribution in [0.4, 0.5) is 26.3 Å². The number of hydrogen-bond acceptors (Lipinski definition) is 4. The quantitative estimate of drug-likeness (QED) is 0.381. The fourth-order valence-electron chi connectivity index (χ4n) is 4.95. The molecule has 0 bridgehead atoms. The van der Waals surface area contributed by atoms with Crippen molar-refractivity contribution in [3.05, 3.63) is 90.0 Å². The van der Waals surface area contributed by atoms with Crippen molar-refractivity contribution >= 4 is 46.2 Å². The highest BCUT2D eigenvalue weighted by atomic mass is 32.2. The molecular weight excluding hydrogens is 494 g/mol. The largest absolute Gasteiger partial charge is 0.380 e. The molecule has 160 valence electrons. The van der Waals surface area contributed by atoms with E-state index in [2.05, 4.69) is 0 Å². The second kappa shape index (κ2) is 5.95. The molecule has 6 rings (SSSR count). The van der Waals surface area contributed by atoms with Gasteiger partial charge in [-0.1, -0.05) is 24.3 Å². The van der Waals surface area contributed by atoms with Gasteiger partial charge in [0, 0.05) is 20.9 Å². The molecule has 1 saturated carbocycles.